The lowest BCUT2D eigenvalue weighted by Gasteiger charge is -2.20. The standard InChI is InChI=1S/C19H26N2/c1-3-21(15-18-7-5-4-6-8-18)16-19-11-9-17(10-12-19)13-14-20-2/h4-12,20H,3,13-16H2,1-2H3. The summed E-state index contributed by atoms with van der Waals surface area (Å²) in [6.45, 7) is 6.35. The minimum atomic E-state index is 1.01. The second-order valence-corrected chi connectivity index (χ2v) is 5.46. The van der Waals surface area contributed by atoms with E-state index in [1.165, 1.54) is 16.7 Å². The molecule has 0 atom stereocenters. The summed E-state index contributed by atoms with van der Waals surface area (Å²) in [6, 6.07) is 19.7. The van der Waals surface area contributed by atoms with Crippen molar-refractivity contribution in [3.63, 3.8) is 0 Å². The van der Waals surface area contributed by atoms with Crippen LogP contribution in [0, 0.1) is 0 Å². The van der Waals surface area contributed by atoms with Gasteiger partial charge in [-0.2, -0.15) is 0 Å². The fraction of sp³-hybridized carbons (Fsp3) is 0.368. The van der Waals surface area contributed by atoms with E-state index in [0.717, 1.165) is 32.6 Å². The summed E-state index contributed by atoms with van der Waals surface area (Å²) in [4.78, 5) is 2.47. The molecule has 21 heavy (non-hydrogen) atoms. The third-order valence-corrected chi connectivity index (χ3v) is 3.79. The van der Waals surface area contributed by atoms with Crippen molar-refractivity contribution in [3.05, 3.63) is 71.3 Å². The van der Waals surface area contributed by atoms with Crippen molar-refractivity contribution in [2.24, 2.45) is 0 Å². The van der Waals surface area contributed by atoms with E-state index in [-0.39, 0.29) is 0 Å². The minimum absolute atomic E-state index is 1.01. The van der Waals surface area contributed by atoms with Gasteiger partial charge in [-0.15, -0.1) is 0 Å². The lowest BCUT2D eigenvalue weighted by atomic mass is 10.1. The smallest absolute Gasteiger partial charge is 0.0237 e. The zero-order chi connectivity index (χ0) is 14.9. The van der Waals surface area contributed by atoms with Gasteiger partial charge in [-0.3, -0.25) is 4.90 Å². The summed E-state index contributed by atoms with van der Waals surface area (Å²) in [5.41, 5.74) is 4.17. The van der Waals surface area contributed by atoms with Crippen molar-refractivity contribution in [1.29, 1.82) is 0 Å². The van der Waals surface area contributed by atoms with Crippen LogP contribution in [0.4, 0.5) is 0 Å². The van der Waals surface area contributed by atoms with Gasteiger partial charge in [-0.05, 0) is 43.2 Å². The number of rotatable bonds is 8. The Morgan fingerprint density at radius 3 is 1.95 bits per heavy atom. The minimum Gasteiger partial charge on any atom is -0.319 e. The van der Waals surface area contributed by atoms with Crippen LogP contribution < -0.4 is 5.32 Å². The Kier molecular flexibility index (Phi) is 6.45. The van der Waals surface area contributed by atoms with Crippen molar-refractivity contribution >= 4 is 0 Å². The van der Waals surface area contributed by atoms with Crippen molar-refractivity contribution in [3.8, 4) is 0 Å². The molecule has 0 fully saturated rings. The van der Waals surface area contributed by atoms with E-state index >= 15 is 0 Å². The number of benzene rings is 2. The molecule has 0 saturated carbocycles. The van der Waals surface area contributed by atoms with Crippen LogP contribution in [0.5, 0.6) is 0 Å². The van der Waals surface area contributed by atoms with Crippen molar-refractivity contribution in [1.82, 2.24) is 10.2 Å². The zero-order valence-electron chi connectivity index (χ0n) is 13.2. The molecule has 1 N–H and O–H groups in total. The van der Waals surface area contributed by atoms with Crippen LogP contribution >= 0.6 is 0 Å². The Labute approximate surface area is 128 Å². The molecule has 0 aliphatic heterocycles. The monoisotopic (exact) mass is 282 g/mol. The molecule has 2 heteroatoms. The third-order valence-electron chi connectivity index (χ3n) is 3.79. The van der Waals surface area contributed by atoms with E-state index in [4.69, 9.17) is 0 Å². The molecule has 0 aromatic heterocycles. The molecule has 2 rings (SSSR count). The molecule has 0 radical (unpaired) electrons. The molecule has 0 bridgehead atoms. The van der Waals surface area contributed by atoms with Gasteiger partial charge >= 0.3 is 0 Å². The van der Waals surface area contributed by atoms with E-state index in [9.17, 15) is 0 Å². The van der Waals surface area contributed by atoms with Crippen LogP contribution in [0.2, 0.25) is 0 Å². The lowest BCUT2D eigenvalue weighted by Crippen LogP contribution is -2.22. The molecule has 0 amide bonds. The number of hydrogen-bond acceptors (Lipinski definition) is 2. The Morgan fingerprint density at radius 1 is 0.810 bits per heavy atom. The molecule has 0 unspecified atom stereocenters. The first kappa shape index (κ1) is 15.7. The van der Waals surface area contributed by atoms with Crippen LogP contribution in [0.25, 0.3) is 0 Å². The predicted molar refractivity (Wildman–Crippen MR) is 90.3 cm³/mol. The number of hydrogen-bond donors (Lipinski definition) is 1. The van der Waals surface area contributed by atoms with Gasteiger partial charge < -0.3 is 5.32 Å². The Morgan fingerprint density at radius 2 is 1.38 bits per heavy atom. The predicted octanol–water partition coefficient (Wildman–Crippen LogP) is 3.47. The first-order valence-electron chi connectivity index (χ1n) is 7.80. The molecule has 0 aliphatic rings. The molecular weight excluding hydrogens is 256 g/mol. The number of nitrogens with one attached hydrogen (secondary N) is 1. The van der Waals surface area contributed by atoms with Gasteiger partial charge in [-0.1, -0.05) is 61.5 Å². The molecular formula is C19H26N2. The van der Waals surface area contributed by atoms with Crippen LogP contribution in [-0.4, -0.2) is 25.0 Å². The zero-order valence-corrected chi connectivity index (χ0v) is 13.2. The average Bonchev–Trinajstić information content (AvgIpc) is 2.54. The quantitative estimate of drug-likeness (QED) is 0.797. The molecule has 0 saturated heterocycles. The van der Waals surface area contributed by atoms with Gasteiger partial charge in [0.05, 0.1) is 0 Å². The first-order chi connectivity index (χ1) is 10.3. The summed E-state index contributed by atoms with van der Waals surface area (Å²) in [5, 5.41) is 3.19. The average molecular weight is 282 g/mol. The van der Waals surface area contributed by atoms with Crippen LogP contribution in [-0.2, 0) is 19.5 Å². The summed E-state index contributed by atoms with van der Waals surface area (Å²) in [7, 11) is 2.00. The maximum atomic E-state index is 3.19. The van der Waals surface area contributed by atoms with Gasteiger partial charge in [0.15, 0.2) is 0 Å². The van der Waals surface area contributed by atoms with Crippen LogP contribution in [0.15, 0.2) is 54.6 Å². The second kappa shape index (κ2) is 8.60. The highest BCUT2D eigenvalue weighted by Gasteiger charge is 2.05. The van der Waals surface area contributed by atoms with E-state index in [1.54, 1.807) is 0 Å². The van der Waals surface area contributed by atoms with Crippen LogP contribution in [0.1, 0.15) is 23.6 Å². The van der Waals surface area contributed by atoms with Crippen LogP contribution in [0.3, 0.4) is 0 Å². The van der Waals surface area contributed by atoms with Gasteiger partial charge in [0.2, 0.25) is 0 Å². The molecule has 0 aliphatic carbocycles. The maximum Gasteiger partial charge on any atom is 0.0237 e. The second-order valence-electron chi connectivity index (χ2n) is 5.46. The maximum absolute atomic E-state index is 3.19. The Balaban J connectivity index is 1.92. The topological polar surface area (TPSA) is 15.3 Å². The van der Waals surface area contributed by atoms with E-state index in [1.807, 2.05) is 7.05 Å². The van der Waals surface area contributed by atoms with Crippen molar-refractivity contribution in [2.75, 3.05) is 20.1 Å². The molecule has 0 spiro atoms. The third kappa shape index (κ3) is 5.33. The van der Waals surface area contributed by atoms with Gasteiger partial charge in [0.1, 0.15) is 0 Å². The summed E-state index contributed by atoms with van der Waals surface area (Å²) < 4.78 is 0. The highest BCUT2D eigenvalue weighted by molar-refractivity contribution is 5.23. The highest BCUT2D eigenvalue weighted by atomic mass is 15.1. The fourth-order valence-electron chi connectivity index (χ4n) is 2.46. The summed E-state index contributed by atoms with van der Waals surface area (Å²) in [5.74, 6) is 0. The molecule has 2 nitrogen and oxygen atoms in total. The Bertz CT molecular complexity index is 505. The first-order valence-corrected chi connectivity index (χ1v) is 7.80. The Hall–Kier alpha value is -1.64. The lowest BCUT2D eigenvalue weighted by molar-refractivity contribution is 0.271. The van der Waals surface area contributed by atoms with Crippen molar-refractivity contribution < 1.29 is 0 Å². The molecule has 2 aromatic rings. The summed E-state index contributed by atoms with van der Waals surface area (Å²) >= 11 is 0. The largest absolute Gasteiger partial charge is 0.319 e. The van der Waals surface area contributed by atoms with Gasteiger partial charge in [-0.25, -0.2) is 0 Å². The van der Waals surface area contributed by atoms with E-state index < -0.39 is 0 Å². The SMILES string of the molecule is CCN(Cc1ccccc1)Cc1ccc(CCNC)cc1. The fourth-order valence-corrected chi connectivity index (χ4v) is 2.46. The molecule has 2 aromatic carbocycles. The van der Waals surface area contributed by atoms with Gasteiger partial charge in [0, 0.05) is 13.1 Å². The normalized spacial score (nSPS) is 11.0. The van der Waals surface area contributed by atoms with Gasteiger partial charge in [0.25, 0.3) is 0 Å². The van der Waals surface area contributed by atoms with E-state index in [0.29, 0.717) is 0 Å². The number of nitrogens with zero attached hydrogens (tertiary/aromatic N) is 1. The van der Waals surface area contributed by atoms with E-state index in [2.05, 4.69) is 71.7 Å². The highest BCUT2D eigenvalue weighted by Crippen LogP contribution is 2.11. The molecule has 112 valence electrons. The molecule has 0 heterocycles. The van der Waals surface area contributed by atoms with Crippen molar-refractivity contribution in [2.45, 2.75) is 26.4 Å². The summed E-state index contributed by atoms with van der Waals surface area (Å²) in [6.07, 6.45) is 1.10. The number of likely N-dealkylation sites (N-methyl/N-ethyl adjacent to an activating group) is 1.